The lowest BCUT2D eigenvalue weighted by molar-refractivity contribution is -0.152. The van der Waals surface area contributed by atoms with Gasteiger partial charge in [-0.25, -0.2) is 20.0 Å². The van der Waals surface area contributed by atoms with Gasteiger partial charge in [0.15, 0.2) is 6.04 Å². The zero-order chi connectivity index (χ0) is 17.4. The summed E-state index contributed by atoms with van der Waals surface area (Å²) < 4.78 is 0. The molecule has 0 aromatic heterocycles. The van der Waals surface area contributed by atoms with Gasteiger partial charge < -0.3 is 16.6 Å². The van der Waals surface area contributed by atoms with E-state index in [1.54, 1.807) is 30.3 Å². The van der Waals surface area contributed by atoms with E-state index in [1.165, 1.54) is 0 Å². The second-order valence-electron chi connectivity index (χ2n) is 4.76. The first kappa shape index (κ1) is 18.0. The Kier molecular flexibility index (Phi) is 6.53. The minimum Gasteiger partial charge on any atom is -0.480 e. The van der Waals surface area contributed by atoms with Gasteiger partial charge >= 0.3 is 12.0 Å². The monoisotopic (exact) mass is 322 g/mol. The largest absolute Gasteiger partial charge is 0.480 e. The first-order valence-corrected chi connectivity index (χ1v) is 6.74. The maximum atomic E-state index is 12.3. The first-order valence-electron chi connectivity index (χ1n) is 6.74. The Hall–Kier alpha value is -3.10. The molecule has 1 rings (SSSR count). The van der Waals surface area contributed by atoms with Crippen molar-refractivity contribution in [2.45, 2.75) is 25.3 Å². The van der Waals surface area contributed by atoms with Crippen LogP contribution in [0, 0.1) is 0 Å². The predicted molar refractivity (Wildman–Crippen MR) is 79.6 cm³/mol. The number of aliphatic carboxylic acids is 1. The number of carbonyl (C=O) groups is 4. The Morgan fingerprint density at radius 2 is 1.74 bits per heavy atom. The number of hydrogen-bond donors (Lipinski definition) is 4. The van der Waals surface area contributed by atoms with E-state index >= 15 is 0 Å². The molecule has 0 saturated heterocycles. The van der Waals surface area contributed by atoms with Crippen molar-refractivity contribution in [3.05, 3.63) is 35.9 Å². The average Bonchev–Trinajstić information content (AvgIpc) is 2.46. The number of benzene rings is 1. The van der Waals surface area contributed by atoms with Crippen molar-refractivity contribution in [2.75, 3.05) is 0 Å². The maximum absolute atomic E-state index is 12.3. The number of primary amides is 2. The van der Waals surface area contributed by atoms with Gasteiger partial charge in [-0.1, -0.05) is 30.3 Å². The van der Waals surface area contributed by atoms with Gasteiger partial charge in [0.1, 0.15) is 0 Å². The van der Waals surface area contributed by atoms with E-state index in [4.69, 9.17) is 11.5 Å². The van der Waals surface area contributed by atoms with Crippen LogP contribution in [0.5, 0.6) is 0 Å². The highest BCUT2D eigenvalue weighted by atomic mass is 16.4. The molecule has 0 spiro atoms. The summed E-state index contributed by atoms with van der Waals surface area (Å²) in [4.78, 5) is 45.6. The van der Waals surface area contributed by atoms with Gasteiger partial charge in [-0.15, -0.1) is 0 Å². The molecule has 0 fully saturated rings. The number of carboxylic acid groups (broad SMARTS) is 1. The summed E-state index contributed by atoms with van der Waals surface area (Å²) in [5.41, 5.74) is 12.6. The lowest BCUT2D eigenvalue weighted by atomic mass is 10.1. The van der Waals surface area contributed by atoms with Crippen molar-refractivity contribution in [3.63, 3.8) is 0 Å². The van der Waals surface area contributed by atoms with Crippen molar-refractivity contribution in [2.24, 2.45) is 11.5 Å². The zero-order valence-electron chi connectivity index (χ0n) is 12.3. The molecule has 6 N–H and O–H groups in total. The second-order valence-corrected chi connectivity index (χ2v) is 4.76. The number of rotatable bonds is 7. The highest BCUT2D eigenvalue weighted by molar-refractivity contribution is 5.87. The number of hydrazine groups is 1. The molecule has 0 aliphatic rings. The number of carboxylic acids is 1. The number of urea groups is 1. The van der Waals surface area contributed by atoms with E-state index in [-0.39, 0.29) is 19.3 Å². The molecule has 9 heteroatoms. The van der Waals surface area contributed by atoms with Crippen LogP contribution in [-0.2, 0) is 20.8 Å². The normalized spacial score (nSPS) is 11.3. The van der Waals surface area contributed by atoms with E-state index in [9.17, 15) is 24.3 Å². The van der Waals surface area contributed by atoms with Crippen LogP contribution in [0.4, 0.5) is 4.79 Å². The lowest BCUT2D eigenvalue weighted by Gasteiger charge is -2.28. The summed E-state index contributed by atoms with van der Waals surface area (Å²) >= 11 is 0. The van der Waals surface area contributed by atoms with Crippen LogP contribution >= 0.6 is 0 Å². The zero-order valence-corrected chi connectivity index (χ0v) is 12.3. The molecule has 124 valence electrons. The molecule has 1 aromatic carbocycles. The van der Waals surface area contributed by atoms with Crippen molar-refractivity contribution in [1.82, 2.24) is 10.4 Å². The Morgan fingerprint density at radius 3 is 2.22 bits per heavy atom. The van der Waals surface area contributed by atoms with Gasteiger partial charge in [-0.05, 0) is 12.0 Å². The third-order valence-corrected chi connectivity index (χ3v) is 2.96. The van der Waals surface area contributed by atoms with Gasteiger partial charge in [0.2, 0.25) is 11.8 Å². The standard InChI is InChI=1S/C14H18N4O5/c15-11(19)7-6-10(13(21)22)18(17-14(16)23)12(20)8-9-4-2-1-3-5-9/h1-5,10H,6-8H2,(H2,15,19)(H,21,22)(H3,16,17,23)/t10-/m0/s1. The third kappa shape index (κ3) is 6.04. The fourth-order valence-corrected chi connectivity index (χ4v) is 1.93. The molecular weight excluding hydrogens is 304 g/mol. The van der Waals surface area contributed by atoms with Crippen LogP contribution in [0.2, 0.25) is 0 Å². The molecule has 23 heavy (non-hydrogen) atoms. The van der Waals surface area contributed by atoms with Crippen molar-refractivity contribution < 1.29 is 24.3 Å². The molecule has 0 heterocycles. The van der Waals surface area contributed by atoms with Crippen LogP contribution in [0.25, 0.3) is 0 Å². The van der Waals surface area contributed by atoms with Crippen molar-refractivity contribution in [3.8, 4) is 0 Å². The molecular formula is C14H18N4O5. The number of hydrogen-bond acceptors (Lipinski definition) is 4. The number of nitrogens with zero attached hydrogens (tertiary/aromatic N) is 1. The minimum atomic E-state index is -1.45. The van der Waals surface area contributed by atoms with Crippen LogP contribution in [0.3, 0.4) is 0 Å². The minimum absolute atomic E-state index is 0.137. The Morgan fingerprint density at radius 1 is 1.13 bits per heavy atom. The van der Waals surface area contributed by atoms with E-state index < -0.39 is 29.9 Å². The van der Waals surface area contributed by atoms with Crippen molar-refractivity contribution >= 4 is 23.8 Å². The van der Waals surface area contributed by atoms with Gasteiger partial charge in [0, 0.05) is 6.42 Å². The Bertz CT molecular complexity index is 590. The molecule has 9 nitrogen and oxygen atoms in total. The summed E-state index contributed by atoms with van der Waals surface area (Å²) in [6, 6.07) is 6.02. The summed E-state index contributed by atoms with van der Waals surface area (Å²) in [6.45, 7) is 0. The number of amides is 4. The first-order chi connectivity index (χ1) is 10.8. The highest BCUT2D eigenvalue weighted by Gasteiger charge is 2.31. The SMILES string of the molecule is NC(=O)CC[C@@H](C(=O)O)N(NC(N)=O)C(=O)Cc1ccccc1. The van der Waals surface area contributed by atoms with Crippen LogP contribution < -0.4 is 16.9 Å². The molecule has 4 amide bonds. The predicted octanol–water partition coefficient (Wildman–Crippen LogP) is -0.640. The Labute approximate surface area is 132 Å². The topological polar surface area (TPSA) is 156 Å². The molecule has 1 atom stereocenters. The van der Waals surface area contributed by atoms with Crippen LogP contribution in [-0.4, -0.2) is 40.0 Å². The van der Waals surface area contributed by atoms with E-state index in [0.29, 0.717) is 10.6 Å². The van der Waals surface area contributed by atoms with Crippen LogP contribution in [0.1, 0.15) is 18.4 Å². The van der Waals surface area contributed by atoms with E-state index in [2.05, 4.69) is 0 Å². The fourth-order valence-electron chi connectivity index (χ4n) is 1.93. The van der Waals surface area contributed by atoms with Gasteiger partial charge in [0.05, 0.1) is 6.42 Å². The summed E-state index contributed by atoms with van der Waals surface area (Å²) in [5, 5.41) is 9.87. The number of nitrogens with one attached hydrogen (secondary N) is 1. The fraction of sp³-hybridized carbons (Fsp3) is 0.286. The van der Waals surface area contributed by atoms with E-state index in [0.717, 1.165) is 0 Å². The average molecular weight is 322 g/mol. The smallest absolute Gasteiger partial charge is 0.331 e. The maximum Gasteiger partial charge on any atom is 0.331 e. The molecule has 0 saturated carbocycles. The van der Waals surface area contributed by atoms with Gasteiger partial charge in [-0.3, -0.25) is 9.59 Å². The summed E-state index contributed by atoms with van der Waals surface area (Å²) in [5.74, 6) is -2.78. The van der Waals surface area contributed by atoms with Gasteiger partial charge in [0.25, 0.3) is 0 Å². The molecule has 0 radical (unpaired) electrons. The summed E-state index contributed by atoms with van der Waals surface area (Å²) in [7, 11) is 0. The molecule has 0 aliphatic carbocycles. The Balaban J connectivity index is 2.94. The lowest BCUT2D eigenvalue weighted by Crippen LogP contribution is -2.56. The summed E-state index contributed by atoms with van der Waals surface area (Å²) in [6.07, 6.45) is -0.639. The number of carbonyl (C=O) groups excluding carboxylic acids is 3. The molecule has 1 aromatic rings. The van der Waals surface area contributed by atoms with Crippen LogP contribution in [0.15, 0.2) is 30.3 Å². The second kappa shape index (κ2) is 8.37. The highest BCUT2D eigenvalue weighted by Crippen LogP contribution is 2.09. The molecule has 0 bridgehead atoms. The number of nitrogens with two attached hydrogens (primary N) is 2. The third-order valence-electron chi connectivity index (χ3n) is 2.96. The van der Waals surface area contributed by atoms with Crippen molar-refractivity contribution in [1.29, 1.82) is 0 Å². The quantitative estimate of drug-likeness (QED) is 0.491. The van der Waals surface area contributed by atoms with E-state index in [1.807, 2.05) is 5.43 Å². The molecule has 0 unspecified atom stereocenters. The van der Waals surface area contributed by atoms with Gasteiger partial charge in [-0.2, -0.15) is 0 Å². The molecule has 0 aliphatic heterocycles.